The zero-order valence-corrected chi connectivity index (χ0v) is 20.1. The van der Waals surface area contributed by atoms with Crippen LogP contribution < -0.4 is 9.46 Å². The number of aromatic nitrogens is 1. The summed E-state index contributed by atoms with van der Waals surface area (Å²) in [4.78, 5) is 19.4. The number of carbonyl (C=O) groups is 1. The van der Waals surface area contributed by atoms with Gasteiger partial charge in [-0.1, -0.05) is 0 Å². The molecule has 1 aliphatic carbocycles. The van der Waals surface area contributed by atoms with Crippen molar-refractivity contribution >= 4 is 15.9 Å². The van der Waals surface area contributed by atoms with Gasteiger partial charge in [0.15, 0.2) is 6.61 Å². The highest BCUT2D eigenvalue weighted by Crippen LogP contribution is 2.39. The summed E-state index contributed by atoms with van der Waals surface area (Å²) < 4.78 is 40.3. The van der Waals surface area contributed by atoms with Gasteiger partial charge in [0.2, 0.25) is 15.9 Å². The predicted molar refractivity (Wildman–Crippen MR) is 121 cm³/mol. The Morgan fingerprint density at radius 1 is 1.19 bits per heavy atom. The number of carbonyl (C=O) groups excluding carboxylic acids is 1. The molecule has 1 aromatic rings. The summed E-state index contributed by atoms with van der Waals surface area (Å²) in [6, 6.07) is 1.28. The highest BCUT2D eigenvalue weighted by molar-refractivity contribution is 7.90. The maximum atomic E-state index is 13.2. The molecule has 5 rings (SSSR count). The molecule has 3 aliphatic heterocycles. The van der Waals surface area contributed by atoms with Crippen molar-refractivity contribution in [3.05, 3.63) is 23.4 Å². The van der Waals surface area contributed by atoms with Gasteiger partial charge in [-0.15, -0.1) is 0 Å². The van der Waals surface area contributed by atoms with Gasteiger partial charge >= 0.3 is 0 Å². The zero-order valence-electron chi connectivity index (χ0n) is 19.2. The molecule has 1 N–H and O–H groups in total. The molecule has 32 heavy (non-hydrogen) atoms. The lowest BCUT2D eigenvalue weighted by atomic mass is 9.81. The van der Waals surface area contributed by atoms with Crippen LogP contribution in [-0.2, 0) is 19.6 Å². The van der Waals surface area contributed by atoms with Crippen LogP contribution in [-0.4, -0.2) is 67.4 Å². The number of fused-ring (bicyclic) bond motifs is 5. The molecule has 1 aromatic heterocycles. The van der Waals surface area contributed by atoms with Crippen LogP contribution in [0.5, 0.6) is 5.88 Å². The quantitative estimate of drug-likeness (QED) is 0.737. The number of hydrogen-bond donors (Lipinski definition) is 1. The number of ether oxygens (including phenoxy) is 2. The van der Waals surface area contributed by atoms with Gasteiger partial charge in [-0.05, 0) is 76.8 Å². The molecule has 1 amide bonds. The van der Waals surface area contributed by atoms with Gasteiger partial charge in [0.1, 0.15) is 0 Å². The molecule has 2 atom stereocenters. The van der Waals surface area contributed by atoms with E-state index >= 15 is 0 Å². The molecule has 0 radical (unpaired) electrons. The van der Waals surface area contributed by atoms with Crippen LogP contribution in [0.15, 0.2) is 12.3 Å². The summed E-state index contributed by atoms with van der Waals surface area (Å²) >= 11 is 0. The van der Waals surface area contributed by atoms with Crippen molar-refractivity contribution in [1.29, 1.82) is 0 Å². The van der Waals surface area contributed by atoms with E-state index < -0.39 is 15.3 Å². The van der Waals surface area contributed by atoms with Gasteiger partial charge in [0.25, 0.3) is 5.91 Å². The number of nitrogens with one attached hydrogen (secondary N) is 1. The fraction of sp³-hybridized carbons (Fsp3) is 0.739. The van der Waals surface area contributed by atoms with Crippen LogP contribution >= 0.6 is 0 Å². The fourth-order valence-corrected chi connectivity index (χ4v) is 6.15. The second-order valence-corrected chi connectivity index (χ2v) is 11.8. The largest absolute Gasteiger partial charge is 0.467 e. The van der Waals surface area contributed by atoms with Crippen molar-refractivity contribution in [3.63, 3.8) is 0 Å². The molecule has 1 saturated heterocycles. The summed E-state index contributed by atoms with van der Waals surface area (Å²) in [6.45, 7) is 6.17. The van der Waals surface area contributed by atoms with Gasteiger partial charge in [-0.2, -0.15) is 0 Å². The molecular formula is C23H35N3O5S. The molecule has 4 aliphatic rings. The number of sulfonamides is 1. The van der Waals surface area contributed by atoms with E-state index in [1.807, 2.05) is 6.07 Å². The minimum Gasteiger partial charge on any atom is -0.467 e. The molecule has 1 saturated carbocycles. The van der Waals surface area contributed by atoms with Crippen molar-refractivity contribution < 1.29 is 22.7 Å². The van der Waals surface area contributed by atoms with Gasteiger partial charge in [-0.25, -0.2) is 18.1 Å². The number of hydrogen-bond acceptors (Lipinski definition) is 6. The van der Waals surface area contributed by atoms with Crippen LogP contribution in [0.1, 0.15) is 69.4 Å². The second kappa shape index (κ2) is 9.65. The number of nitrogens with zero attached hydrogens (tertiary/aromatic N) is 2. The Morgan fingerprint density at radius 3 is 2.66 bits per heavy atom. The van der Waals surface area contributed by atoms with Gasteiger partial charge in [-0.3, -0.25) is 4.79 Å². The van der Waals surface area contributed by atoms with Crippen LogP contribution in [0.2, 0.25) is 0 Å². The predicted octanol–water partition coefficient (Wildman–Crippen LogP) is 2.51. The minimum atomic E-state index is -3.46. The Balaban J connectivity index is 1.62. The second-order valence-electron chi connectivity index (χ2n) is 9.56. The molecule has 0 aromatic carbocycles. The Hall–Kier alpha value is -1.71. The third-order valence-electron chi connectivity index (χ3n) is 7.12. The first-order chi connectivity index (χ1) is 15.3. The van der Waals surface area contributed by atoms with Crippen LogP contribution in [0, 0.1) is 6.92 Å². The standard InChI is InChI=1S/C23H35N3O5S/c1-15(2)32(28,29)25-19-5-4-12-26-20(19)13-30-18-8-6-17(7-9-18)22-16(3)10-11-24-23(22)31-14-21(26)27/h10-11,15,17-20,25H,4-9,12-14H2,1-3H3. The number of piperidine rings is 1. The minimum absolute atomic E-state index is 0.111. The summed E-state index contributed by atoms with van der Waals surface area (Å²) in [6.07, 6.45) is 7.09. The lowest BCUT2D eigenvalue weighted by Gasteiger charge is -2.42. The maximum absolute atomic E-state index is 13.2. The topological polar surface area (TPSA) is 97.8 Å². The van der Waals surface area contributed by atoms with E-state index in [0.29, 0.717) is 31.4 Å². The molecule has 9 heteroatoms. The summed E-state index contributed by atoms with van der Waals surface area (Å²) in [5.74, 6) is 0.739. The fourth-order valence-electron chi connectivity index (χ4n) is 5.18. The molecule has 4 heterocycles. The Kier molecular flexibility index (Phi) is 7.07. The average molecular weight is 466 g/mol. The van der Waals surface area contributed by atoms with E-state index in [-0.39, 0.29) is 30.7 Å². The van der Waals surface area contributed by atoms with E-state index in [0.717, 1.165) is 43.2 Å². The van der Waals surface area contributed by atoms with E-state index in [1.165, 1.54) is 0 Å². The normalized spacial score (nSPS) is 29.4. The lowest BCUT2D eigenvalue weighted by molar-refractivity contribution is -0.140. The lowest BCUT2D eigenvalue weighted by Crippen LogP contribution is -2.60. The van der Waals surface area contributed by atoms with Gasteiger partial charge in [0, 0.05) is 24.3 Å². The molecule has 2 fully saturated rings. The van der Waals surface area contributed by atoms with Crippen LogP contribution in [0.4, 0.5) is 0 Å². The summed E-state index contributed by atoms with van der Waals surface area (Å²) in [5.41, 5.74) is 2.25. The third-order valence-corrected chi connectivity index (χ3v) is 9.00. The first-order valence-corrected chi connectivity index (χ1v) is 13.3. The number of rotatable bonds is 3. The molecule has 2 unspecified atom stereocenters. The molecular weight excluding hydrogens is 430 g/mol. The van der Waals surface area contributed by atoms with Crippen molar-refractivity contribution in [2.75, 3.05) is 19.8 Å². The van der Waals surface area contributed by atoms with Crippen molar-refractivity contribution in [3.8, 4) is 5.88 Å². The Labute approximate surface area is 191 Å². The number of aryl methyl sites for hydroxylation is 1. The van der Waals surface area contributed by atoms with E-state index in [1.54, 1.807) is 24.9 Å². The Bertz CT molecular complexity index is 928. The smallest absolute Gasteiger partial charge is 0.260 e. The van der Waals surface area contributed by atoms with Crippen LogP contribution in [0.25, 0.3) is 0 Å². The summed E-state index contributed by atoms with van der Waals surface area (Å²) in [7, 11) is -3.46. The van der Waals surface area contributed by atoms with Gasteiger partial charge < -0.3 is 14.4 Å². The SMILES string of the molecule is Cc1ccnc2c1C1CCC(CC1)OCC1C(NS(=O)(=O)C(C)C)CCCN1C(=O)CO2. The number of amides is 1. The molecule has 2 bridgehead atoms. The van der Waals surface area contributed by atoms with E-state index in [2.05, 4.69) is 16.6 Å². The van der Waals surface area contributed by atoms with Crippen molar-refractivity contribution in [2.45, 2.75) is 88.7 Å². The van der Waals surface area contributed by atoms with E-state index in [4.69, 9.17) is 9.47 Å². The zero-order chi connectivity index (χ0) is 22.9. The van der Waals surface area contributed by atoms with Crippen LogP contribution in [0.3, 0.4) is 0 Å². The highest BCUT2D eigenvalue weighted by Gasteiger charge is 2.39. The first-order valence-electron chi connectivity index (χ1n) is 11.8. The molecule has 8 nitrogen and oxygen atoms in total. The monoisotopic (exact) mass is 465 g/mol. The highest BCUT2D eigenvalue weighted by atomic mass is 32.2. The summed E-state index contributed by atoms with van der Waals surface area (Å²) in [5, 5.41) is -0.534. The molecule has 0 spiro atoms. The third kappa shape index (κ3) is 4.94. The van der Waals surface area contributed by atoms with Gasteiger partial charge in [0.05, 0.1) is 24.0 Å². The molecule has 178 valence electrons. The van der Waals surface area contributed by atoms with Crippen molar-refractivity contribution in [2.24, 2.45) is 0 Å². The van der Waals surface area contributed by atoms with E-state index in [9.17, 15) is 13.2 Å². The van der Waals surface area contributed by atoms with Crippen molar-refractivity contribution in [1.82, 2.24) is 14.6 Å². The maximum Gasteiger partial charge on any atom is 0.260 e. The first kappa shape index (κ1) is 23.4. The Morgan fingerprint density at radius 2 is 1.94 bits per heavy atom. The average Bonchev–Trinajstić information content (AvgIpc) is 2.77. The number of pyridine rings is 1.